The summed E-state index contributed by atoms with van der Waals surface area (Å²) in [7, 11) is 1.74. The Bertz CT molecular complexity index is 745. The van der Waals surface area contributed by atoms with Gasteiger partial charge in [0, 0.05) is 24.0 Å². The number of aromatic nitrogens is 2. The van der Waals surface area contributed by atoms with Crippen molar-refractivity contribution in [3.8, 4) is 0 Å². The molecule has 2 aromatic rings. The van der Waals surface area contributed by atoms with Crippen molar-refractivity contribution in [1.29, 1.82) is 0 Å². The maximum absolute atomic E-state index is 11.9. The van der Waals surface area contributed by atoms with Crippen LogP contribution in [0.15, 0.2) is 30.3 Å². The predicted molar refractivity (Wildman–Crippen MR) is 85.4 cm³/mol. The smallest absolute Gasteiger partial charge is 0.272 e. The van der Waals surface area contributed by atoms with Gasteiger partial charge in [0.1, 0.15) is 5.69 Å². The Labute approximate surface area is 133 Å². The lowest BCUT2D eigenvalue weighted by Crippen LogP contribution is -2.33. The van der Waals surface area contributed by atoms with E-state index in [-0.39, 0.29) is 23.9 Å². The molecule has 7 heteroatoms. The monoisotopic (exact) mass is 314 g/mol. The van der Waals surface area contributed by atoms with Crippen molar-refractivity contribution in [2.45, 2.75) is 13.8 Å². The number of hydrogen-bond acceptors (Lipinski definition) is 4. The summed E-state index contributed by atoms with van der Waals surface area (Å²) in [5, 5.41) is 9.17. The van der Waals surface area contributed by atoms with E-state index in [1.54, 1.807) is 42.1 Å². The number of ketones is 1. The highest BCUT2D eigenvalue weighted by molar-refractivity contribution is 6.00. The molecule has 0 fully saturated rings. The first-order valence-corrected chi connectivity index (χ1v) is 7.06. The van der Waals surface area contributed by atoms with E-state index in [4.69, 9.17) is 0 Å². The Kier molecular flexibility index (Phi) is 4.90. The van der Waals surface area contributed by atoms with Gasteiger partial charge in [-0.05, 0) is 32.0 Å². The number of benzene rings is 1. The van der Waals surface area contributed by atoms with Crippen LogP contribution in [0.1, 0.15) is 33.5 Å². The average molecular weight is 314 g/mol. The molecule has 0 aliphatic carbocycles. The molecule has 0 saturated carbocycles. The summed E-state index contributed by atoms with van der Waals surface area (Å²) in [5.41, 5.74) is 2.12. The van der Waals surface area contributed by atoms with Crippen molar-refractivity contribution in [1.82, 2.24) is 15.1 Å². The number of aryl methyl sites for hydroxylation is 2. The number of nitrogens with one attached hydrogen (secondary N) is 2. The summed E-state index contributed by atoms with van der Waals surface area (Å²) in [5.74, 6) is -0.882. The van der Waals surface area contributed by atoms with Gasteiger partial charge in [-0.25, -0.2) is 0 Å². The molecule has 2 rings (SSSR count). The minimum atomic E-state index is -0.415. The van der Waals surface area contributed by atoms with Crippen LogP contribution in [-0.2, 0) is 11.8 Å². The highest BCUT2D eigenvalue weighted by atomic mass is 16.2. The van der Waals surface area contributed by atoms with E-state index in [1.807, 2.05) is 6.92 Å². The number of rotatable bonds is 5. The molecule has 0 radical (unpaired) electrons. The summed E-state index contributed by atoms with van der Waals surface area (Å²) in [4.78, 5) is 35.1. The number of anilines is 1. The molecule has 0 unspecified atom stereocenters. The third-order valence-corrected chi connectivity index (χ3v) is 3.31. The van der Waals surface area contributed by atoms with Crippen LogP contribution >= 0.6 is 0 Å². The van der Waals surface area contributed by atoms with Crippen LogP contribution in [0.4, 0.5) is 5.69 Å². The van der Waals surface area contributed by atoms with Crippen molar-refractivity contribution in [3.05, 3.63) is 47.3 Å². The molecular weight excluding hydrogens is 296 g/mol. The van der Waals surface area contributed by atoms with Crippen molar-refractivity contribution in [2.24, 2.45) is 7.05 Å². The lowest BCUT2D eigenvalue weighted by molar-refractivity contribution is -0.115. The van der Waals surface area contributed by atoms with Gasteiger partial charge >= 0.3 is 0 Å². The zero-order valence-electron chi connectivity index (χ0n) is 13.2. The fraction of sp³-hybridized carbons (Fsp3) is 0.250. The molecule has 23 heavy (non-hydrogen) atoms. The Balaban J connectivity index is 1.91. The van der Waals surface area contributed by atoms with Crippen LogP contribution in [0.25, 0.3) is 0 Å². The molecule has 1 heterocycles. The molecule has 120 valence electrons. The summed E-state index contributed by atoms with van der Waals surface area (Å²) in [6, 6.07) is 8.26. The topological polar surface area (TPSA) is 93.1 Å². The third-order valence-electron chi connectivity index (χ3n) is 3.31. The average Bonchev–Trinajstić information content (AvgIpc) is 2.84. The van der Waals surface area contributed by atoms with Crippen LogP contribution in [0.5, 0.6) is 0 Å². The first-order valence-electron chi connectivity index (χ1n) is 7.06. The molecule has 1 aromatic heterocycles. The van der Waals surface area contributed by atoms with Crippen molar-refractivity contribution < 1.29 is 14.4 Å². The first-order chi connectivity index (χ1) is 10.9. The molecule has 2 N–H and O–H groups in total. The van der Waals surface area contributed by atoms with Gasteiger partial charge in [0.15, 0.2) is 5.78 Å². The lowest BCUT2D eigenvalue weighted by Gasteiger charge is -2.07. The maximum atomic E-state index is 11.9. The van der Waals surface area contributed by atoms with Crippen LogP contribution < -0.4 is 10.6 Å². The Morgan fingerprint density at radius 3 is 2.57 bits per heavy atom. The number of amides is 2. The molecule has 1 aromatic carbocycles. The Morgan fingerprint density at radius 2 is 1.96 bits per heavy atom. The molecule has 2 amide bonds. The van der Waals surface area contributed by atoms with Crippen molar-refractivity contribution in [3.63, 3.8) is 0 Å². The van der Waals surface area contributed by atoms with Crippen LogP contribution in [0.3, 0.4) is 0 Å². The Morgan fingerprint density at radius 1 is 1.22 bits per heavy atom. The highest BCUT2D eigenvalue weighted by Gasteiger charge is 2.12. The van der Waals surface area contributed by atoms with Gasteiger partial charge < -0.3 is 10.6 Å². The van der Waals surface area contributed by atoms with Crippen molar-refractivity contribution >= 4 is 23.3 Å². The fourth-order valence-electron chi connectivity index (χ4n) is 1.94. The molecule has 7 nitrogen and oxygen atoms in total. The third kappa shape index (κ3) is 4.26. The van der Waals surface area contributed by atoms with E-state index in [1.165, 1.54) is 6.92 Å². The number of Topliss-reactive ketones (excluding diaryl/α,β-unsaturated/α-hetero) is 1. The van der Waals surface area contributed by atoms with Crippen LogP contribution in [-0.4, -0.2) is 33.9 Å². The molecule has 0 bridgehead atoms. The van der Waals surface area contributed by atoms with E-state index < -0.39 is 5.91 Å². The number of carbonyl (C=O) groups excluding carboxylic acids is 3. The van der Waals surface area contributed by atoms with Gasteiger partial charge in [-0.3, -0.25) is 19.1 Å². The van der Waals surface area contributed by atoms with E-state index in [0.29, 0.717) is 11.3 Å². The van der Waals surface area contributed by atoms with Gasteiger partial charge in [-0.15, -0.1) is 0 Å². The number of hydrogen-bond donors (Lipinski definition) is 2. The molecular formula is C16H18N4O3. The molecule has 0 spiro atoms. The quantitative estimate of drug-likeness (QED) is 0.814. The highest BCUT2D eigenvalue weighted by Crippen LogP contribution is 2.10. The van der Waals surface area contributed by atoms with Gasteiger partial charge in [0.25, 0.3) is 5.91 Å². The van der Waals surface area contributed by atoms with Gasteiger partial charge in [-0.2, -0.15) is 5.10 Å². The normalized spacial score (nSPS) is 10.2. The predicted octanol–water partition coefficient (Wildman–Crippen LogP) is 1.30. The van der Waals surface area contributed by atoms with E-state index >= 15 is 0 Å². The van der Waals surface area contributed by atoms with Crippen LogP contribution in [0.2, 0.25) is 0 Å². The molecule has 0 atom stereocenters. The maximum Gasteiger partial charge on any atom is 0.272 e. The van der Waals surface area contributed by atoms with Gasteiger partial charge in [0.05, 0.1) is 6.54 Å². The molecule has 0 aliphatic rings. The number of nitrogens with zero attached hydrogens (tertiary/aromatic N) is 2. The second-order valence-electron chi connectivity index (χ2n) is 5.16. The Hall–Kier alpha value is -2.96. The van der Waals surface area contributed by atoms with Gasteiger partial charge in [0.2, 0.25) is 5.91 Å². The van der Waals surface area contributed by atoms with E-state index in [0.717, 1.165) is 5.69 Å². The summed E-state index contributed by atoms with van der Waals surface area (Å²) in [6.45, 7) is 3.10. The largest absolute Gasteiger partial charge is 0.342 e. The lowest BCUT2D eigenvalue weighted by atomic mass is 10.1. The van der Waals surface area contributed by atoms with E-state index in [2.05, 4.69) is 15.7 Å². The van der Waals surface area contributed by atoms with Crippen LogP contribution in [0, 0.1) is 6.92 Å². The zero-order chi connectivity index (χ0) is 17.0. The summed E-state index contributed by atoms with van der Waals surface area (Å²) in [6.07, 6.45) is 0. The van der Waals surface area contributed by atoms with E-state index in [9.17, 15) is 14.4 Å². The molecule has 0 aliphatic heterocycles. The second kappa shape index (κ2) is 6.87. The standard InChI is InChI=1S/C16H18N4O3/c1-10-7-14(19-20(10)3)16(23)17-9-15(22)18-13-6-4-5-12(8-13)11(2)21/h4-8H,9H2,1-3H3,(H,17,23)(H,18,22). The SMILES string of the molecule is CC(=O)c1cccc(NC(=O)CNC(=O)c2cc(C)n(C)n2)c1. The zero-order valence-corrected chi connectivity index (χ0v) is 13.2. The minimum absolute atomic E-state index is 0.0834. The summed E-state index contributed by atoms with van der Waals surface area (Å²) >= 11 is 0. The first kappa shape index (κ1) is 16.4. The fourth-order valence-corrected chi connectivity index (χ4v) is 1.94. The van der Waals surface area contributed by atoms with Gasteiger partial charge in [-0.1, -0.05) is 12.1 Å². The second-order valence-corrected chi connectivity index (χ2v) is 5.16. The number of carbonyl (C=O) groups is 3. The molecule has 0 saturated heterocycles. The minimum Gasteiger partial charge on any atom is -0.342 e. The van der Waals surface area contributed by atoms with Crippen molar-refractivity contribution in [2.75, 3.05) is 11.9 Å². The summed E-state index contributed by atoms with van der Waals surface area (Å²) < 4.78 is 1.59.